The summed E-state index contributed by atoms with van der Waals surface area (Å²) in [5, 5.41) is 0. The summed E-state index contributed by atoms with van der Waals surface area (Å²) < 4.78 is 16.7. The van der Waals surface area contributed by atoms with E-state index in [-0.39, 0.29) is 50.4 Å². The van der Waals surface area contributed by atoms with Gasteiger partial charge in [-0.15, -0.1) is 0 Å². The molecule has 0 saturated carbocycles. The summed E-state index contributed by atoms with van der Waals surface area (Å²) in [5.41, 5.74) is 0. The molecule has 0 N–H and O–H groups in total. The van der Waals surface area contributed by atoms with Crippen molar-refractivity contribution in [2.24, 2.45) is 0 Å². The Kier molecular flexibility index (Phi) is 50.6. The molecule has 0 radical (unpaired) electrons. The van der Waals surface area contributed by atoms with Crippen LogP contribution in [0, 0.1) is 0 Å². The van der Waals surface area contributed by atoms with Crippen LogP contribution in [0.15, 0.2) is 158 Å². The number of hydrogen-bond acceptors (Lipinski definition) is 6. The number of ether oxygens (including phenoxy) is 3. The molecule has 0 rings (SSSR count). The topological polar surface area (TPSA) is 78.9 Å². The first-order chi connectivity index (χ1) is 33.5. The van der Waals surface area contributed by atoms with Crippen LogP contribution in [-0.2, 0) is 28.6 Å². The minimum Gasteiger partial charge on any atom is -0.462 e. The molecule has 1 unspecified atom stereocenters. The minimum atomic E-state index is -0.839. The van der Waals surface area contributed by atoms with Crippen LogP contribution in [0.1, 0.15) is 194 Å². The summed E-state index contributed by atoms with van der Waals surface area (Å²) in [6, 6.07) is 0. The second-order valence-corrected chi connectivity index (χ2v) is 16.8. The summed E-state index contributed by atoms with van der Waals surface area (Å²) in [6.07, 6.45) is 79.5. The van der Waals surface area contributed by atoms with Gasteiger partial charge in [-0.2, -0.15) is 0 Å². The molecule has 0 fully saturated rings. The van der Waals surface area contributed by atoms with Crippen molar-refractivity contribution < 1.29 is 28.6 Å². The standard InChI is InChI=1S/C62H94O6/c1-4-7-10-13-16-19-22-25-28-31-34-37-40-43-46-49-52-55-61(64)67-58-59(57-66-60(63)54-51-48-45-42-39-36-33-30-27-24-21-18-15-12-9-6-3)68-62(65)56-53-50-47-44-41-38-35-32-29-26-23-20-17-14-11-8-5-2/h7,9-10,12-13,16-22,25-31,34,36-37,39-40,45,48,59H,4-6,8,11,14-15,23-24,32-33,35,38,41-44,46-47,49-58H2,1-3H3/b10-7-,12-9-,16-13-,20-17-,21-18-,22-19-,28-25-,29-26-,30-27-,34-31+,39-36-,40-37-,48-45-. The highest BCUT2D eigenvalue weighted by Gasteiger charge is 2.19. The molecule has 6 heteroatoms. The summed E-state index contributed by atoms with van der Waals surface area (Å²) in [4.78, 5) is 38.0. The number of esters is 3. The zero-order chi connectivity index (χ0) is 49.3. The fourth-order valence-electron chi connectivity index (χ4n) is 6.49. The second-order valence-electron chi connectivity index (χ2n) is 16.8. The molecule has 0 aromatic heterocycles. The summed E-state index contributed by atoms with van der Waals surface area (Å²) in [5.74, 6) is -1.08. The largest absolute Gasteiger partial charge is 0.462 e. The van der Waals surface area contributed by atoms with Crippen molar-refractivity contribution >= 4 is 17.9 Å². The molecule has 0 heterocycles. The first-order valence-electron chi connectivity index (χ1n) is 26.6. The average Bonchev–Trinajstić information content (AvgIpc) is 3.34. The maximum Gasteiger partial charge on any atom is 0.306 e. The van der Waals surface area contributed by atoms with Gasteiger partial charge < -0.3 is 14.2 Å². The molecule has 0 amide bonds. The third-order valence-corrected chi connectivity index (χ3v) is 10.4. The third-order valence-electron chi connectivity index (χ3n) is 10.4. The summed E-state index contributed by atoms with van der Waals surface area (Å²) in [6.45, 7) is 6.22. The number of carbonyl (C=O) groups excluding carboxylic acids is 3. The molecule has 1 atom stereocenters. The summed E-state index contributed by atoms with van der Waals surface area (Å²) >= 11 is 0. The molecular formula is C62H94O6. The predicted molar refractivity (Wildman–Crippen MR) is 292 cm³/mol. The molecule has 0 aromatic carbocycles. The number of unbranched alkanes of at least 4 members (excludes halogenated alkanes) is 13. The number of allylic oxidation sites excluding steroid dienone is 26. The Morgan fingerprint density at radius 3 is 1.18 bits per heavy atom. The van der Waals surface area contributed by atoms with E-state index in [9.17, 15) is 14.4 Å². The molecule has 6 nitrogen and oxygen atoms in total. The van der Waals surface area contributed by atoms with Gasteiger partial charge in [0.15, 0.2) is 6.10 Å². The van der Waals surface area contributed by atoms with E-state index in [4.69, 9.17) is 14.2 Å². The molecule has 0 spiro atoms. The molecule has 0 aliphatic heterocycles. The predicted octanol–water partition coefficient (Wildman–Crippen LogP) is 17.8. The van der Waals surface area contributed by atoms with E-state index >= 15 is 0 Å². The molecule has 0 aromatic rings. The number of carbonyl (C=O) groups is 3. The van der Waals surface area contributed by atoms with Crippen LogP contribution in [-0.4, -0.2) is 37.2 Å². The normalized spacial score (nSPS) is 13.4. The lowest BCUT2D eigenvalue weighted by molar-refractivity contribution is -0.166. The fraction of sp³-hybridized carbons (Fsp3) is 0.532. The Morgan fingerprint density at radius 2 is 0.676 bits per heavy atom. The Bertz CT molecular complexity index is 1590. The van der Waals surface area contributed by atoms with Crippen LogP contribution in [0.5, 0.6) is 0 Å². The van der Waals surface area contributed by atoms with Crippen LogP contribution < -0.4 is 0 Å². The van der Waals surface area contributed by atoms with Gasteiger partial charge in [0, 0.05) is 19.3 Å². The Labute approximate surface area is 416 Å². The van der Waals surface area contributed by atoms with Crippen molar-refractivity contribution in [3.05, 3.63) is 158 Å². The number of rotatable bonds is 45. The van der Waals surface area contributed by atoms with E-state index in [2.05, 4.69) is 106 Å². The van der Waals surface area contributed by atoms with Crippen LogP contribution in [0.25, 0.3) is 0 Å². The molecule has 0 aliphatic carbocycles. The Hall–Kier alpha value is -4.97. The van der Waals surface area contributed by atoms with Crippen molar-refractivity contribution in [2.75, 3.05) is 13.2 Å². The van der Waals surface area contributed by atoms with Gasteiger partial charge in [0.1, 0.15) is 13.2 Å². The van der Waals surface area contributed by atoms with Crippen molar-refractivity contribution in [1.82, 2.24) is 0 Å². The first-order valence-corrected chi connectivity index (χ1v) is 26.6. The molecular weight excluding hydrogens is 841 g/mol. The highest BCUT2D eigenvalue weighted by atomic mass is 16.6. The van der Waals surface area contributed by atoms with E-state index in [1.165, 1.54) is 44.9 Å². The van der Waals surface area contributed by atoms with Crippen molar-refractivity contribution in [3.63, 3.8) is 0 Å². The SMILES string of the molecule is CC\C=C/C=C\C=C/C=C\C=C\C=C/CCCCCC(=O)OCC(COC(=O)CC/C=C\C/C=C\C/C=C\C/C=C\C/C=C\CC)OC(=O)CCCCCCCCC/C=C\C/C=C\CCCCC. The molecule has 68 heavy (non-hydrogen) atoms. The maximum atomic E-state index is 12.8. The highest BCUT2D eigenvalue weighted by molar-refractivity contribution is 5.71. The van der Waals surface area contributed by atoms with Gasteiger partial charge in [0.05, 0.1) is 0 Å². The van der Waals surface area contributed by atoms with E-state index in [1.54, 1.807) is 0 Å². The fourth-order valence-corrected chi connectivity index (χ4v) is 6.49. The van der Waals surface area contributed by atoms with E-state index in [0.29, 0.717) is 12.8 Å². The molecule has 0 saturated heterocycles. The van der Waals surface area contributed by atoms with E-state index < -0.39 is 6.10 Å². The Balaban J connectivity index is 4.63. The van der Waals surface area contributed by atoms with Gasteiger partial charge in [-0.25, -0.2) is 0 Å². The zero-order valence-corrected chi connectivity index (χ0v) is 43.0. The van der Waals surface area contributed by atoms with Crippen LogP contribution >= 0.6 is 0 Å². The van der Waals surface area contributed by atoms with Gasteiger partial charge in [-0.3, -0.25) is 14.4 Å². The van der Waals surface area contributed by atoms with Gasteiger partial charge in [-0.1, -0.05) is 230 Å². The van der Waals surface area contributed by atoms with Crippen LogP contribution in [0.2, 0.25) is 0 Å². The highest BCUT2D eigenvalue weighted by Crippen LogP contribution is 2.12. The van der Waals surface area contributed by atoms with Gasteiger partial charge >= 0.3 is 17.9 Å². The number of hydrogen-bond donors (Lipinski definition) is 0. The Morgan fingerprint density at radius 1 is 0.324 bits per heavy atom. The summed E-state index contributed by atoms with van der Waals surface area (Å²) in [7, 11) is 0. The average molecular weight is 935 g/mol. The molecule has 0 bridgehead atoms. The lowest BCUT2D eigenvalue weighted by Gasteiger charge is -2.18. The minimum absolute atomic E-state index is 0.135. The van der Waals surface area contributed by atoms with E-state index in [0.717, 1.165) is 96.3 Å². The van der Waals surface area contributed by atoms with Gasteiger partial charge in [0.25, 0.3) is 0 Å². The van der Waals surface area contributed by atoms with Crippen LogP contribution in [0.4, 0.5) is 0 Å². The molecule has 0 aliphatic rings. The quantitative estimate of drug-likeness (QED) is 0.0199. The first kappa shape index (κ1) is 63.0. The third kappa shape index (κ3) is 52.0. The second kappa shape index (κ2) is 54.6. The molecule has 378 valence electrons. The van der Waals surface area contributed by atoms with Crippen LogP contribution in [0.3, 0.4) is 0 Å². The lowest BCUT2D eigenvalue weighted by atomic mass is 10.1. The smallest absolute Gasteiger partial charge is 0.306 e. The van der Waals surface area contributed by atoms with Crippen molar-refractivity contribution in [1.29, 1.82) is 0 Å². The zero-order valence-electron chi connectivity index (χ0n) is 43.0. The maximum absolute atomic E-state index is 12.8. The lowest BCUT2D eigenvalue weighted by Crippen LogP contribution is -2.30. The van der Waals surface area contributed by atoms with Crippen molar-refractivity contribution in [3.8, 4) is 0 Å². The monoisotopic (exact) mass is 935 g/mol. The van der Waals surface area contributed by atoms with Crippen molar-refractivity contribution in [2.45, 2.75) is 200 Å². The van der Waals surface area contributed by atoms with Gasteiger partial charge in [-0.05, 0) is 103 Å². The van der Waals surface area contributed by atoms with Gasteiger partial charge in [0.2, 0.25) is 0 Å². The van der Waals surface area contributed by atoms with E-state index in [1.807, 2.05) is 72.9 Å².